The summed E-state index contributed by atoms with van der Waals surface area (Å²) in [6.07, 6.45) is 6.15. The molecular weight excluding hydrogens is 510 g/mol. The van der Waals surface area contributed by atoms with Crippen molar-refractivity contribution in [1.29, 1.82) is 0 Å². The van der Waals surface area contributed by atoms with Gasteiger partial charge in [0.25, 0.3) is 0 Å². The fourth-order valence-electron chi connectivity index (χ4n) is 7.01. The number of fused-ring (bicyclic) bond motifs is 2. The minimum absolute atomic E-state index is 0.00811. The zero-order valence-corrected chi connectivity index (χ0v) is 23.6. The maximum Gasteiger partial charge on any atom is 0.160 e. The summed E-state index contributed by atoms with van der Waals surface area (Å²) in [6, 6.07) is 3.63. The molecule has 0 bridgehead atoms. The molecule has 8 heteroatoms. The maximum absolute atomic E-state index is 13.2. The molecule has 0 spiro atoms. The molecule has 1 saturated carbocycles. The normalized spacial score (nSPS) is 28.1. The van der Waals surface area contributed by atoms with Gasteiger partial charge in [0.05, 0.1) is 13.2 Å². The Kier molecular flexibility index (Phi) is 11.0. The monoisotopic (exact) mass is 555 g/mol. The van der Waals surface area contributed by atoms with Gasteiger partial charge in [0.1, 0.15) is 11.7 Å². The lowest BCUT2D eigenvalue weighted by Crippen LogP contribution is -2.50. The van der Waals surface area contributed by atoms with Crippen molar-refractivity contribution in [1.82, 2.24) is 5.32 Å². The van der Waals surface area contributed by atoms with Crippen molar-refractivity contribution in [3.05, 3.63) is 23.3 Å². The second-order valence-corrected chi connectivity index (χ2v) is 11.8. The molecule has 1 aromatic rings. The molecule has 5 N–H and O–H groups in total. The van der Waals surface area contributed by atoms with Gasteiger partial charge >= 0.3 is 0 Å². The standard InChI is InChI=1S/C32H45NO7/c1-40-32-16-22-7-10-30(38)26(9-6-21(12-14-35)27(22)18-31(32)39)29(37)4-2-3-20(11-13-34)24-15-23-5-8-25(36)17-28(23)33-19-24/h16,18,20-21,23-24,26,28-29,33-35,37,39H,2-5,7-8,10-15,17,19H2,1H3/t20-,21+,23-,24+,26-,28-,29-/m1/s1. The average molecular weight is 556 g/mol. The number of benzene rings is 1. The number of hydrogen-bond donors (Lipinski definition) is 5. The van der Waals surface area contributed by atoms with Gasteiger partial charge < -0.3 is 30.5 Å². The lowest BCUT2D eigenvalue weighted by molar-refractivity contribution is -0.124. The molecule has 0 unspecified atom stereocenters. The SMILES string of the molecule is COc1cc2c(cc1O)[C@H](CCO)C#C[C@H]([C@H](O)CCC[C@H](CCO)[C@@H]1CN[C@@H]3CC(=O)CC[C@@H]3C1)C(=O)CC2. The quantitative estimate of drug-likeness (QED) is 0.263. The Bertz CT molecular complexity index is 1090. The first kappa shape index (κ1) is 30.5. The number of aryl methyl sites for hydroxylation is 1. The van der Waals surface area contributed by atoms with Crippen LogP contribution < -0.4 is 10.1 Å². The number of Topliss-reactive ketones (excluding diaryl/α,β-unsaturated/α-hetero) is 2. The number of methoxy groups -OCH3 is 1. The number of aromatic hydroxyl groups is 1. The first-order valence-electron chi connectivity index (χ1n) is 14.9. The van der Waals surface area contributed by atoms with E-state index < -0.39 is 12.0 Å². The average Bonchev–Trinajstić information content (AvgIpc) is 3.00. The van der Waals surface area contributed by atoms with Crippen molar-refractivity contribution in [2.45, 2.75) is 88.7 Å². The number of phenols is 1. The summed E-state index contributed by atoms with van der Waals surface area (Å²) >= 11 is 0. The van der Waals surface area contributed by atoms with Crippen LogP contribution in [0.4, 0.5) is 0 Å². The van der Waals surface area contributed by atoms with E-state index in [1.807, 2.05) is 0 Å². The van der Waals surface area contributed by atoms with E-state index in [4.69, 9.17) is 4.74 Å². The number of phenolic OH excluding ortho intramolecular Hbond substituents is 1. The van der Waals surface area contributed by atoms with E-state index in [0.717, 1.165) is 43.4 Å². The van der Waals surface area contributed by atoms with Crippen LogP contribution in [0.15, 0.2) is 12.1 Å². The van der Waals surface area contributed by atoms with Crippen molar-refractivity contribution in [3.8, 4) is 23.3 Å². The van der Waals surface area contributed by atoms with Gasteiger partial charge in [-0.15, -0.1) is 0 Å². The van der Waals surface area contributed by atoms with Crippen LogP contribution in [-0.2, 0) is 16.0 Å². The summed E-state index contributed by atoms with van der Waals surface area (Å²) in [5, 5.41) is 44.5. The Morgan fingerprint density at radius 3 is 2.65 bits per heavy atom. The number of ether oxygens (including phenoxy) is 1. The van der Waals surface area contributed by atoms with Gasteiger partial charge in [0, 0.05) is 44.4 Å². The highest BCUT2D eigenvalue weighted by atomic mass is 16.5. The van der Waals surface area contributed by atoms with Gasteiger partial charge in [-0.2, -0.15) is 0 Å². The van der Waals surface area contributed by atoms with Crippen LogP contribution in [0.1, 0.15) is 81.3 Å². The van der Waals surface area contributed by atoms with Crippen molar-refractivity contribution < 1.29 is 34.8 Å². The van der Waals surface area contributed by atoms with Crippen LogP contribution in [0, 0.1) is 35.5 Å². The fraction of sp³-hybridized carbons (Fsp3) is 0.688. The maximum atomic E-state index is 13.2. The Morgan fingerprint density at radius 2 is 1.90 bits per heavy atom. The summed E-state index contributed by atoms with van der Waals surface area (Å²) in [4.78, 5) is 25.0. The van der Waals surface area contributed by atoms with E-state index in [0.29, 0.717) is 67.8 Å². The van der Waals surface area contributed by atoms with E-state index >= 15 is 0 Å². The predicted octanol–water partition coefficient (Wildman–Crippen LogP) is 2.88. The molecular formula is C32H45NO7. The molecule has 8 nitrogen and oxygen atoms in total. The third kappa shape index (κ3) is 7.44. The second kappa shape index (κ2) is 14.5. The van der Waals surface area contributed by atoms with Gasteiger partial charge in [-0.05, 0) is 92.5 Å². The number of carbonyl (C=O) groups excluding carboxylic acids is 2. The number of ketones is 2. The van der Waals surface area contributed by atoms with Crippen molar-refractivity contribution in [2.75, 3.05) is 26.9 Å². The number of hydrogen-bond acceptors (Lipinski definition) is 8. The molecule has 2 fully saturated rings. The Balaban J connectivity index is 1.39. The number of nitrogens with one attached hydrogen (secondary N) is 1. The molecule has 2 aliphatic carbocycles. The topological polar surface area (TPSA) is 136 Å². The van der Waals surface area contributed by atoms with Gasteiger partial charge in [-0.25, -0.2) is 0 Å². The lowest BCUT2D eigenvalue weighted by atomic mass is 9.71. The molecule has 3 aliphatic rings. The largest absolute Gasteiger partial charge is 0.504 e. The smallest absolute Gasteiger partial charge is 0.160 e. The summed E-state index contributed by atoms with van der Waals surface area (Å²) in [5.74, 6) is 6.82. The molecule has 1 saturated heterocycles. The first-order valence-corrected chi connectivity index (χ1v) is 14.9. The molecule has 220 valence electrons. The second-order valence-electron chi connectivity index (χ2n) is 11.8. The zero-order chi connectivity index (χ0) is 28.6. The molecule has 7 atom stereocenters. The summed E-state index contributed by atoms with van der Waals surface area (Å²) in [7, 11) is 1.48. The number of aliphatic hydroxyl groups excluding tert-OH is 3. The molecule has 1 aromatic carbocycles. The van der Waals surface area contributed by atoms with Gasteiger partial charge in [-0.3, -0.25) is 9.59 Å². The number of rotatable bonds is 11. The number of aliphatic hydroxyl groups is 3. The Morgan fingerprint density at radius 1 is 1.07 bits per heavy atom. The summed E-state index contributed by atoms with van der Waals surface area (Å²) < 4.78 is 5.26. The van der Waals surface area contributed by atoms with E-state index in [-0.39, 0.29) is 43.1 Å². The Hall–Kier alpha value is -2.44. The molecule has 0 amide bonds. The molecule has 4 rings (SSSR count). The highest BCUT2D eigenvalue weighted by Crippen LogP contribution is 2.38. The van der Waals surface area contributed by atoms with E-state index in [1.54, 1.807) is 12.1 Å². The minimum atomic E-state index is -0.896. The van der Waals surface area contributed by atoms with Gasteiger partial charge in [0.15, 0.2) is 17.3 Å². The number of carbonyl (C=O) groups is 2. The van der Waals surface area contributed by atoms with Crippen LogP contribution in [-0.4, -0.2) is 71.0 Å². The summed E-state index contributed by atoms with van der Waals surface area (Å²) in [6.45, 7) is 0.879. The summed E-state index contributed by atoms with van der Waals surface area (Å²) in [5.41, 5.74) is 1.63. The van der Waals surface area contributed by atoms with Crippen LogP contribution in [0.5, 0.6) is 11.5 Å². The van der Waals surface area contributed by atoms with Crippen molar-refractivity contribution in [2.24, 2.45) is 23.7 Å². The number of piperidine rings is 1. The fourth-order valence-corrected chi connectivity index (χ4v) is 7.01. The van der Waals surface area contributed by atoms with Gasteiger partial charge in [0.2, 0.25) is 0 Å². The predicted molar refractivity (Wildman–Crippen MR) is 151 cm³/mol. The van der Waals surface area contributed by atoms with Crippen LogP contribution in [0.25, 0.3) is 0 Å². The van der Waals surface area contributed by atoms with E-state index in [1.165, 1.54) is 7.11 Å². The minimum Gasteiger partial charge on any atom is -0.504 e. The molecule has 40 heavy (non-hydrogen) atoms. The van der Waals surface area contributed by atoms with Crippen LogP contribution in [0.3, 0.4) is 0 Å². The highest BCUT2D eigenvalue weighted by molar-refractivity contribution is 5.85. The lowest BCUT2D eigenvalue weighted by Gasteiger charge is -2.42. The third-order valence-electron chi connectivity index (χ3n) is 9.32. The van der Waals surface area contributed by atoms with E-state index in [9.17, 15) is 30.0 Å². The third-order valence-corrected chi connectivity index (χ3v) is 9.32. The van der Waals surface area contributed by atoms with Crippen LogP contribution >= 0.6 is 0 Å². The zero-order valence-electron chi connectivity index (χ0n) is 23.6. The van der Waals surface area contributed by atoms with E-state index in [2.05, 4.69) is 17.2 Å². The molecule has 0 radical (unpaired) electrons. The first-order chi connectivity index (χ1) is 19.3. The Labute approximate surface area is 237 Å². The highest BCUT2D eigenvalue weighted by Gasteiger charge is 2.37. The van der Waals surface area contributed by atoms with Crippen LogP contribution in [0.2, 0.25) is 0 Å². The molecule has 0 aromatic heterocycles. The molecule has 1 aliphatic heterocycles. The molecule has 1 heterocycles. The van der Waals surface area contributed by atoms with Gasteiger partial charge in [-0.1, -0.05) is 18.3 Å². The van der Waals surface area contributed by atoms with Crippen molar-refractivity contribution in [3.63, 3.8) is 0 Å². The van der Waals surface area contributed by atoms with Crippen molar-refractivity contribution >= 4 is 11.6 Å².